The second-order valence-electron chi connectivity index (χ2n) is 6.89. The summed E-state index contributed by atoms with van der Waals surface area (Å²) in [6, 6.07) is 11.1. The second-order valence-corrected chi connectivity index (χ2v) is 7.32. The molecule has 0 saturated carbocycles. The van der Waals surface area contributed by atoms with Crippen LogP contribution in [0.2, 0.25) is 5.02 Å². The van der Waals surface area contributed by atoms with Crippen molar-refractivity contribution in [3.05, 3.63) is 64.6 Å². The number of halogens is 1. The zero-order valence-electron chi connectivity index (χ0n) is 15.6. The van der Waals surface area contributed by atoms with Gasteiger partial charge in [-0.1, -0.05) is 11.6 Å². The van der Waals surface area contributed by atoms with Gasteiger partial charge in [-0.15, -0.1) is 5.10 Å². The maximum atomic E-state index is 13.4. The van der Waals surface area contributed by atoms with Gasteiger partial charge in [-0.3, -0.25) is 4.79 Å². The van der Waals surface area contributed by atoms with Gasteiger partial charge in [0.15, 0.2) is 0 Å². The summed E-state index contributed by atoms with van der Waals surface area (Å²) in [5.74, 6) is 0.705. The molecule has 3 heterocycles. The van der Waals surface area contributed by atoms with Crippen molar-refractivity contribution in [1.29, 1.82) is 0 Å². The number of hydrogen-bond acceptors (Lipinski definition) is 5. The number of methoxy groups -OCH3 is 1. The molecule has 0 radical (unpaired) electrons. The molecule has 146 valence electrons. The first-order valence-electron chi connectivity index (χ1n) is 9.13. The first-order valence-corrected chi connectivity index (χ1v) is 9.51. The van der Waals surface area contributed by atoms with Crippen LogP contribution in [0.5, 0.6) is 5.75 Å². The Morgan fingerprint density at radius 2 is 2.14 bits per heavy atom. The van der Waals surface area contributed by atoms with Crippen LogP contribution in [0.4, 0.5) is 0 Å². The lowest BCUT2D eigenvalue weighted by molar-refractivity contribution is 0.0735. The Morgan fingerprint density at radius 3 is 2.93 bits per heavy atom. The Balaban J connectivity index is 1.52. The molecule has 4 aromatic rings. The molecule has 2 aromatic heterocycles. The summed E-state index contributed by atoms with van der Waals surface area (Å²) in [5, 5.41) is 12.8. The molecule has 1 N–H and O–H groups in total. The van der Waals surface area contributed by atoms with E-state index >= 15 is 0 Å². The zero-order chi connectivity index (χ0) is 20.0. The van der Waals surface area contributed by atoms with Crippen LogP contribution in [0.15, 0.2) is 42.7 Å². The highest BCUT2D eigenvalue weighted by atomic mass is 35.5. The number of H-pyrrole nitrogens is 1. The van der Waals surface area contributed by atoms with Crippen LogP contribution >= 0.6 is 11.6 Å². The quantitative estimate of drug-likeness (QED) is 0.563. The lowest BCUT2D eigenvalue weighted by atomic mass is 10.0. The van der Waals surface area contributed by atoms with E-state index in [-0.39, 0.29) is 5.91 Å². The normalized spacial score (nSPS) is 13.5. The smallest absolute Gasteiger partial charge is 0.256 e. The summed E-state index contributed by atoms with van der Waals surface area (Å²) < 4.78 is 6.82. The summed E-state index contributed by atoms with van der Waals surface area (Å²) in [6.07, 6.45) is 2.20. The first-order chi connectivity index (χ1) is 14.1. The number of carbonyl (C=O) groups excluding carboxylic acids is 1. The third kappa shape index (κ3) is 3.01. The van der Waals surface area contributed by atoms with Crippen molar-refractivity contribution in [2.75, 3.05) is 13.7 Å². The number of benzene rings is 2. The van der Waals surface area contributed by atoms with Crippen molar-refractivity contribution in [2.24, 2.45) is 0 Å². The van der Waals surface area contributed by atoms with E-state index in [2.05, 4.69) is 20.5 Å². The van der Waals surface area contributed by atoms with Crippen LogP contribution < -0.4 is 4.74 Å². The van der Waals surface area contributed by atoms with Gasteiger partial charge in [0.25, 0.3) is 5.91 Å². The van der Waals surface area contributed by atoms with E-state index in [1.54, 1.807) is 25.3 Å². The van der Waals surface area contributed by atoms with E-state index in [0.29, 0.717) is 29.4 Å². The third-order valence-electron chi connectivity index (χ3n) is 5.26. The van der Waals surface area contributed by atoms with Gasteiger partial charge < -0.3 is 14.6 Å². The highest BCUT2D eigenvalue weighted by Gasteiger charge is 2.27. The number of nitrogens with one attached hydrogen (secondary N) is 1. The number of hydrogen-bond donors (Lipinski definition) is 1. The van der Waals surface area contributed by atoms with Gasteiger partial charge in [0.05, 0.1) is 18.4 Å². The van der Waals surface area contributed by atoms with E-state index in [1.165, 1.54) is 11.0 Å². The average Bonchev–Trinajstić information content (AvgIpc) is 3.40. The number of tetrazole rings is 1. The maximum Gasteiger partial charge on any atom is 0.256 e. The van der Waals surface area contributed by atoms with Crippen molar-refractivity contribution in [3.63, 3.8) is 0 Å². The maximum absolute atomic E-state index is 13.4. The minimum absolute atomic E-state index is 0.0879. The van der Waals surface area contributed by atoms with Crippen LogP contribution in [-0.4, -0.2) is 49.7 Å². The fraction of sp³-hybridized carbons (Fsp3) is 0.200. The standard InChI is InChI=1S/C20H17ClN6O2/c1-29-13-3-5-17-15(9-13)16-10-26(7-6-18(16)23-17)20(28)14-4-2-12(21)8-19(14)27-11-22-24-25-27/h2-5,8-9,11,23H,6-7,10H2,1H3. The van der Waals surface area contributed by atoms with E-state index in [1.807, 2.05) is 23.1 Å². The highest BCUT2D eigenvalue weighted by Crippen LogP contribution is 2.31. The zero-order valence-corrected chi connectivity index (χ0v) is 16.3. The van der Waals surface area contributed by atoms with Gasteiger partial charge in [-0.05, 0) is 46.8 Å². The number of nitrogens with zero attached hydrogens (tertiary/aromatic N) is 5. The minimum atomic E-state index is -0.0879. The SMILES string of the molecule is COc1ccc2[nH]c3c(c2c1)CN(C(=O)c1ccc(Cl)cc1-n1cnnn1)CC3. The Morgan fingerprint density at radius 1 is 1.24 bits per heavy atom. The molecule has 9 heteroatoms. The Kier molecular flexibility index (Phi) is 4.21. The number of amides is 1. The molecule has 5 rings (SSSR count). The first kappa shape index (κ1) is 17.7. The molecular weight excluding hydrogens is 392 g/mol. The molecule has 0 unspecified atom stereocenters. The van der Waals surface area contributed by atoms with Crippen molar-refractivity contribution >= 4 is 28.4 Å². The molecule has 0 atom stereocenters. The topological polar surface area (TPSA) is 88.9 Å². The van der Waals surface area contributed by atoms with Crippen LogP contribution in [0.25, 0.3) is 16.6 Å². The number of carbonyl (C=O) groups is 1. The molecule has 8 nitrogen and oxygen atoms in total. The minimum Gasteiger partial charge on any atom is -0.497 e. The van der Waals surface area contributed by atoms with E-state index in [4.69, 9.17) is 16.3 Å². The molecule has 2 aromatic carbocycles. The third-order valence-corrected chi connectivity index (χ3v) is 5.49. The van der Waals surface area contributed by atoms with Crippen molar-refractivity contribution < 1.29 is 9.53 Å². The summed E-state index contributed by atoms with van der Waals surface area (Å²) in [4.78, 5) is 18.7. The monoisotopic (exact) mass is 408 g/mol. The lowest BCUT2D eigenvalue weighted by Crippen LogP contribution is -2.36. The van der Waals surface area contributed by atoms with E-state index in [9.17, 15) is 4.79 Å². The molecule has 0 bridgehead atoms. The molecule has 0 spiro atoms. The Hall–Kier alpha value is -3.39. The van der Waals surface area contributed by atoms with Crippen LogP contribution in [0.1, 0.15) is 21.6 Å². The predicted octanol–water partition coefficient (Wildman–Crippen LogP) is 3.00. The summed E-state index contributed by atoms with van der Waals surface area (Å²) in [5.41, 5.74) is 4.39. The fourth-order valence-corrected chi connectivity index (χ4v) is 3.98. The number of fused-ring (bicyclic) bond motifs is 3. The van der Waals surface area contributed by atoms with Crippen LogP contribution in [0.3, 0.4) is 0 Å². The number of aromatic amines is 1. The van der Waals surface area contributed by atoms with Gasteiger partial charge in [-0.25, -0.2) is 0 Å². The fourth-order valence-electron chi connectivity index (χ4n) is 3.81. The summed E-state index contributed by atoms with van der Waals surface area (Å²) >= 11 is 6.15. The van der Waals surface area contributed by atoms with Crippen molar-refractivity contribution in [3.8, 4) is 11.4 Å². The van der Waals surface area contributed by atoms with E-state index < -0.39 is 0 Å². The lowest BCUT2D eigenvalue weighted by Gasteiger charge is -2.28. The van der Waals surface area contributed by atoms with Gasteiger partial charge in [0, 0.05) is 46.7 Å². The largest absolute Gasteiger partial charge is 0.497 e. The predicted molar refractivity (Wildman–Crippen MR) is 107 cm³/mol. The van der Waals surface area contributed by atoms with Gasteiger partial charge in [0.1, 0.15) is 12.1 Å². The van der Waals surface area contributed by atoms with Gasteiger partial charge in [0.2, 0.25) is 0 Å². The van der Waals surface area contributed by atoms with Crippen LogP contribution in [0, 0.1) is 0 Å². The van der Waals surface area contributed by atoms with E-state index in [0.717, 1.165) is 34.3 Å². The second kappa shape index (κ2) is 6.89. The average molecular weight is 409 g/mol. The molecule has 0 aliphatic carbocycles. The van der Waals surface area contributed by atoms with Gasteiger partial charge >= 0.3 is 0 Å². The summed E-state index contributed by atoms with van der Waals surface area (Å²) in [6.45, 7) is 1.13. The highest BCUT2D eigenvalue weighted by molar-refractivity contribution is 6.31. The molecular formula is C20H17ClN6O2. The van der Waals surface area contributed by atoms with Gasteiger partial charge in [-0.2, -0.15) is 4.68 Å². The number of ether oxygens (including phenoxy) is 1. The van der Waals surface area contributed by atoms with Crippen molar-refractivity contribution in [2.45, 2.75) is 13.0 Å². The van der Waals surface area contributed by atoms with Crippen molar-refractivity contribution in [1.82, 2.24) is 30.1 Å². The number of rotatable bonds is 3. The molecule has 1 amide bonds. The number of aromatic nitrogens is 5. The molecule has 1 aliphatic rings. The molecule has 0 saturated heterocycles. The van der Waals surface area contributed by atoms with Crippen LogP contribution in [-0.2, 0) is 13.0 Å². The Labute approximate surface area is 171 Å². The molecule has 1 aliphatic heterocycles. The molecule has 29 heavy (non-hydrogen) atoms. The summed E-state index contributed by atoms with van der Waals surface area (Å²) in [7, 11) is 1.65. The molecule has 0 fully saturated rings. The Bertz CT molecular complexity index is 1220.